The molecule has 0 aliphatic carbocycles. The first-order chi connectivity index (χ1) is 9.94. The number of nitro benzene ring substituents is 1. The van der Waals surface area contributed by atoms with Gasteiger partial charge in [-0.15, -0.1) is 0 Å². The number of methoxy groups -OCH3 is 2. The molecule has 8 nitrogen and oxygen atoms in total. The van der Waals surface area contributed by atoms with Gasteiger partial charge in [-0.1, -0.05) is 0 Å². The Labute approximate surface area is 120 Å². The lowest BCUT2D eigenvalue weighted by atomic mass is 10.1. The van der Waals surface area contributed by atoms with Gasteiger partial charge < -0.3 is 14.2 Å². The van der Waals surface area contributed by atoms with Crippen LogP contribution in [-0.4, -0.2) is 38.0 Å². The molecule has 0 amide bonds. The Kier molecular flexibility index (Phi) is 5.65. The second-order valence-electron chi connectivity index (χ2n) is 4.17. The molecule has 1 unspecified atom stereocenters. The van der Waals surface area contributed by atoms with Crippen molar-refractivity contribution in [2.24, 2.45) is 5.92 Å². The number of carbonyl (C=O) groups excluding carboxylic acids is 2. The summed E-state index contributed by atoms with van der Waals surface area (Å²) in [5.74, 6) is -0.775. The van der Waals surface area contributed by atoms with Gasteiger partial charge in [-0.25, -0.2) is 0 Å². The van der Waals surface area contributed by atoms with E-state index in [9.17, 15) is 19.7 Å². The van der Waals surface area contributed by atoms with E-state index in [0.29, 0.717) is 6.29 Å². The van der Waals surface area contributed by atoms with E-state index in [0.717, 1.165) is 6.07 Å². The zero-order valence-corrected chi connectivity index (χ0v) is 11.8. The number of hydrogen-bond donors (Lipinski definition) is 0. The number of hydrogen-bond acceptors (Lipinski definition) is 7. The van der Waals surface area contributed by atoms with Crippen LogP contribution in [0.3, 0.4) is 0 Å². The van der Waals surface area contributed by atoms with Crippen LogP contribution in [0, 0.1) is 16.0 Å². The van der Waals surface area contributed by atoms with Crippen molar-refractivity contribution >= 4 is 17.9 Å². The van der Waals surface area contributed by atoms with Crippen molar-refractivity contribution < 1.29 is 28.7 Å². The maximum absolute atomic E-state index is 11.3. The van der Waals surface area contributed by atoms with E-state index in [-0.39, 0.29) is 23.7 Å². The Morgan fingerprint density at radius 3 is 2.52 bits per heavy atom. The molecule has 0 aliphatic heterocycles. The summed E-state index contributed by atoms with van der Waals surface area (Å²) in [6, 6.07) is 2.30. The van der Waals surface area contributed by atoms with Crippen molar-refractivity contribution in [2.45, 2.75) is 6.92 Å². The Hall–Kier alpha value is -2.64. The van der Waals surface area contributed by atoms with Gasteiger partial charge in [-0.05, 0) is 6.92 Å². The third-order valence-electron chi connectivity index (χ3n) is 2.73. The Morgan fingerprint density at radius 2 is 2.05 bits per heavy atom. The number of rotatable bonds is 7. The molecule has 1 rings (SSSR count). The van der Waals surface area contributed by atoms with Crippen molar-refractivity contribution in [3.63, 3.8) is 0 Å². The summed E-state index contributed by atoms with van der Waals surface area (Å²) in [4.78, 5) is 32.3. The highest BCUT2D eigenvalue weighted by atomic mass is 16.6. The Bertz CT molecular complexity index is 556. The van der Waals surface area contributed by atoms with Crippen molar-refractivity contribution in [1.82, 2.24) is 0 Å². The van der Waals surface area contributed by atoms with Crippen molar-refractivity contribution in [3.8, 4) is 11.5 Å². The molecule has 0 spiro atoms. The maximum Gasteiger partial charge on any atom is 0.311 e. The third kappa shape index (κ3) is 3.91. The molecule has 1 aromatic carbocycles. The predicted molar refractivity (Wildman–Crippen MR) is 71.7 cm³/mol. The third-order valence-corrected chi connectivity index (χ3v) is 2.73. The smallest absolute Gasteiger partial charge is 0.311 e. The van der Waals surface area contributed by atoms with Gasteiger partial charge in [0.1, 0.15) is 6.61 Å². The number of ether oxygens (including phenoxy) is 3. The van der Waals surface area contributed by atoms with Crippen molar-refractivity contribution in [1.29, 1.82) is 0 Å². The molecule has 0 saturated carbocycles. The predicted octanol–water partition coefficient (Wildman–Crippen LogP) is 1.60. The Morgan fingerprint density at radius 1 is 1.38 bits per heavy atom. The number of esters is 1. The lowest BCUT2D eigenvalue weighted by Gasteiger charge is -2.14. The molecule has 0 radical (unpaired) electrons. The molecular weight excluding hydrogens is 282 g/mol. The van der Waals surface area contributed by atoms with Gasteiger partial charge in [0.25, 0.3) is 5.69 Å². The molecule has 21 heavy (non-hydrogen) atoms. The molecule has 114 valence electrons. The van der Waals surface area contributed by atoms with Gasteiger partial charge in [0.2, 0.25) is 0 Å². The standard InChI is InChI=1S/C13H15NO7/c1-8(13(16)20-3)7-21-12-5-10(14(17)18)9(6-15)4-11(12)19-2/h4-6,8H,7H2,1-3H3. The topological polar surface area (TPSA) is 105 Å². The summed E-state index contributed by atoms with van der Waals surface area (Å²) >= 11 is 0. The number of carbonyl (C=O) groups is 2. The summed E-state index contributed by atoms with van der Waals surface area (Å²) in [5, 5.41) is 10.9. The lowest BCUT2D eigenvalue weighted by Crippen LogP contribution is -2.20. The van der Waals surface area contributed by atoms with Gasteiger partial charge in [0.15, 0.2) is 17.8 Å². The van der Waals surface area contributed by atoms with Crippen LogP contribution in [0.15, 0.2) is 12.1 Å². The van der Waals surface area contributed by atoms with Crippen LogP contribution in [0.2, 0.25) is 0 Å². The maximum atomic E-state index is 11.3. The highest BCUT2D eigenvalue weighted by Gasteiger charge is 2.21. The van der Waals surface area contributed by atoms with Gasteiger partial charge in [0, 0.05) is 6.07 Å². The van der Waals surface area contributed by atoms with E-state index >= 15 is 0 Å². The van der Waals surface area contributed by atoms with Crippen LogP contribution in [0.4, 0.5) is 5.69 Å². The minimum Gasteiger partial charge on any atom is -0.493 e. The van der Waals surface area contributed by atoms with Crippen molar-refractivity contribution in [2.75, 3.05) is 20.8 Å². The summed E-state index contributed by atoms with van der Waals surface area (Å²) in [5.41, 5.74) is -0.517. The fourth-order valence-electron chi connectivity index (χ4n) is 1.57. The molecule has 0 bridgehead atoms. The molecule has 0 N–H and O–H groups in total. The molecule has 0 fully saturated rings. The van der Waals surface area contributed by atoms with E-state index in [1.807, 2.05) is 0 Å². The van der Waals surface area contributed by atoms with Gasteiger partial charge >= 0.3 is 5.97 Å². The summed E-state index contributed by atoms with van der Waals surface area (Å²) < 4.78 is 14.9. The molecule has 0 heterocycles. The van der Waals surface area contributed by atoms with Crippen LogP contribution in [-0.2, 0) is 9.53 Å². The van der Waals surface area contributed by atoms with Gasteiger partial charge in [-0.2, -0.15) is 0 Å². The first-order valence-electron chi connectivity index (χ1n) is 5.96. The summed E-state index contributed by atoms with van der Waals surface area (Å²) in [6.45, 7) is 1.55. The van der Waals surface area contributed by atoms with E-state index < -0.39 is 22.5 Å². The first kappa shape index (κ1) is 16.4. The summed E-state index contributed by atoms with van der Waals surface area (Å²) in [7, 11) is 2.59. The monoisotopic (exact) mass is 297 g/mol. The van der Waals surface area contributed by atoms with Crippen LogP contribution in [0.25, 0.3) is 0 Å². The Balaban J connectivity index is 3.05. The lowest BCUT2D eigenvalue weighted by molar-refractivity contribution is -0.385. The molecule has 0 saturated heterocycles. The molecule has 0 aliphatic rings. The minimum atomic E-state index is -0.695. The minimum absolute atomic E-state index is 0.0410. The first-order valence-corrected chi connectivity index (χ1v) is 5.96. The second-order valence-corrected chi connectivity index (χ2v) is 4.17. The van der Waals surface area contributed by atoms with Gasteiger partial charge in [0.05, 0.1) is 36.7 Å². The van der Waals surface area contributed by atoms with E-state index in [1.165, 1.54) is 20.3 Å². The normalized spacial score (nSPS) is 11.4. The van der Waals surface area contributed by atoms with Gasteiger partial charge in [-0.3, -0.25) is 19.7 Å². The number of aldehydes is 1. The number of benzene rings is 1. The highest BCUT2D eigenvalue weighted by molar-refractivity contribution is 5.83. The SMILES string of the molecule is COC(=O)C(C)COc1cc([N+](=O)[O-])c(C=O)cc1OC. The molecule has 1 atom stereocenters. The quantitative estimate of drug-likeness (QED) is 0.326. The van der Waals surface area contributed by atoms with Crippen LogP contribution in [0.5, 0.6) is 11.5 Å². The van der Waals surface area contributed by atoms with E-state index in [4.69, 9.17) is 9.47 Å². The zero-order valence-electron chi connectivity index (χ0n) is 11.8. The van der Waals surface area contributed by atoms with E-state index in [1.54, 1.807) is 6.92 Å². The largest absolute Gasteiger partial charge is 0.493 e. The fraction of sp³-hybridized carbons (Fsp3) is 0.385. The average Bonchev–Trinajstić information content (AvgIpc) is 2.50. The van der Waals surface area contributed by atoms with E-state index in [2.05, 4.69) is 4.74 Å². The second kappa shape index (κ2) is 7.22. The van der Waals surface area contributed by atoms with Crippen LogP contribution in [0.1, 0.15) is 17.3 Å². The molecule has 1 aromatic rings. The summed E-state index contributed by atoms with van der Waals surface area (Å²) in [6.07, 6.45) is 0.363. The van der Waals surface area contributed by atoms with Crippen LogP contribution >= 0.6 is 0 Å². The molecule has 8 heteroatoms. The average molecular weight is 297 g/mol. The van der Waals surface area contributed by atoms with Crippen molar-refractivity contribution in [3.05, 3.63) is 27.8 Å². The number of nitro groups is 1. The highest BCUT2D eigenvalue weighted by Crippen LogP contribution is 2.34. The number of nitrogens with zero attached hydrogens (tertiary/aromatic N) is 1. The molecular formula is C13H15NO7. The molecule has 0 aromatic heterocycles. The fourth-order valence-corrected chi connectivity index (χ4v) is 1.57. The van der Waals surface area contributed by atoms with Crippen LogP contribution < -0.4 is 9.47 Å². The zero-order chi connectivity index (χ0) is 16.0.